The lowest BCUT2D eigenvalue weighted by atomic mass is 10.0. The molecule has 140 valence electrons. The molecule has 1 aliphatic rings. The van der Waals surface area contributed by atoms with E-state index in [-0.39, 0.29) is 29.2 Å². The number of nitrogens with zero attached hydrogens (tertiary/aromatic N) is 3. The van der Waals surface area contributed by atoms with E-state index < -0.39 is 23.6 Å². The fourth-order valence-electron chi connectivity index (χ4n) is 2.76. The minimum atomic E-state index is -1.57. The van der Waals surface area contributed by atoms with E-state index in [1.807, 2.05) is 0 Å². The third kappa shape index (κ3) is 3.59. The predicted octanol–water partition coefficient (Wildman–Crippen LogP) is -0.300. The second kappa shape index (κ2) is 6.92. The van der Waals surface area contributed by atoms with Crippen molar-refractivity contribution < 1.29 is 19.4 Å². The maximum absolute atomic E-state index is 14.2. The summed E-state index contributed by atoms with van der Waals surface area (Å²) in [5.74, 6) is 3.84. The number of aliphatic hydroxyl groups excluding tert-OH is 1. The molecule has 0 saturated carbocycles. The smallest absolute Gasteiger partial charge is 0.269 e. The number of nitrogens with two attached hydrogens (primary N) is 2. The molecule has 1 aromatic heterocycles. The number of nitrogen functional groups attached to an aromatic ring is 1. The SMILES string of the molecule is CN1CC[C@@](O)(C#Cc2ccc(F)c(-c3ncc(N)c(C(N)=O)n3)c2)C1O. The molecule has 0 spiro atoms. The van der Waals surface area contributed by atoms with Gasteiger partial charge in [0.1, 0.15) is 12.0 Å². The van der Waals surface area contributed by atoms with Gasteiger partial charge in [-0.05, 0) is 25.2 Å². The number of rotatable bonds is 2. The van der Waals surface area contributed by atoms with Gasteiger partial charge in [-0.25, -0.2) is 14.4 Å². The first-order valence-corrected chi connectivity index (χ1v) is 8.07. The summed E-state index contributed by atoms with van der Waals surface area (Å²) in [6.07, 6.45) is 0.353. The van der Waals surface area contributed by atoms with E-state index >= 15 is 0 Å². The zero-order valence-corrected chi connectivity index (χ0v) is 14.5. The van der Waals surface area contributed by atoms with Gasteiger partial charge in [0.05, 0.1) is 17.4 Å². The van der Waals surface area contributed by atoms with Crippen LogP contribution < -0.4 is 11.5 Å². The van der Waals surface area contributed by atoms with Crippen molar-refractivity contribution in [2.24, 2.45) is 5.73 Å². The molecule has 1 saturated heterocycles. The van der Waals surface area contributed by atoms with Gasteiger partial charge in [0.25, 0.3) is 5.91 Å². The molecule has 2 atom stereocenters. The largest absolute Gasteiger partial charge is 0.396 e. The highest BCUT2D eigenvalue weighted by molar-refractivity contribution is 5.96. The van der Waals surface area contributed by atoms with Crippen LogP contribution in [0.1, 0.15) is 22.5 Å². The lowest BCUT2D eigenvalue weighted by Crippen LogP contribution is -2.42. The second-order valence-electron chi connectivity index (χ2n) is 6.33. The van der Waals surface area contributed by atoms with Crippen molar-refractivity contribution in [2.75, 3.05) is 19.3 Å². The summed E-state index contributed by atoms with van der Waals surface area (Å²) in [5.41, 5.74) is 9.39. The summed E-state index contributed by atoms with van der Waals surface area (Å²) < 4.78 is 14.2. The summed E-state index contributed by atoms with van der Waals surface area (Å²) in [6.45, 7) is 0.496. The molecule has 27 heavy (non-hydrogen) atoms. The molecule has 0 bridgehead atoms. The van der Waals surface area contributed by atoms with E-state index in [1.54, 1.807) is 11.9 Å². The highest BCUT2D eigenvalue weighted by Crippen LogP contribution is 2.26. The maximum Gasteiger partial charge on any atom is 0.269 e. The lowest BCUT2D eigenvalue weighted by molar-refractivity contribution is -0.0633. The molecule has 6 N–H and O–H groups in total. The van der Waals surface area contributed by atoms with E-state index in [0.717, 1.165) is 0 Å². The van der Waals surface area contributed by atoms with Crippen LogP contribution in [-0.4, -0.2) is 56.4 Å². The lowest BCUT2D eigenvalue weighted by Gasteiger charge is -2.22. The molecule has 0 radical (unpaired) electrons. The van der Waals surface area contributed by atoms with Gasteiger partial charge in [0, 0.05) is 18.5 Å². The molecule has 1 unspecified atom stereocenters. The van der Waals surface area contributed by atoms with Gasteiger partial charge in [0.2, 0.25) is 0 Å². The van der Waals surface area contributed by atoms with Crippen LogP contribution in [0.2, 0.25) is 0 Å². The number of aliphatic hydroxyl groups is 2. The van der Waals surface area contributed by atoms with Gasteiger partial charge >= 0.3 is 0 Å². The van der Waals surface area contributed by atoms with Crippen molar-refractivity contribution in [3.05, 3.63) is 41.5 Å². The van der Waals surface area contributed by atoms with Crippen molar-refractivity contribution >= 4 is 11.6 Å². The highest BCUT2D eigenvalue weighted by atomic mass is 19.1. The zero-order chi connectivity index (χ0) is 19.8. The van der Waals surface area contributed by atoms with Gasteiger partial charge in [0.15, 0.2) is 17.1 Å². The van der Waals surface area contributed by atoms with Crippen molar-refractivity contribution in [2.45, 2.75) is 18.2 Å². The number of halogens is 1. The minimum Gasteiger partial charge on any atom is -0.396 e. The van der Waals surface area contributed by atoms with Crippen molar-refractivity contribution in [1.29, 1.82) is 0 Å². The Balaban J connectivity index is 1.99. The summed E-state index contributed by atoms with van der Waals surface area (Å²) in [5, 5.41) is 20.4. The van der Waals surface area contributed by atoms with Crippen LogP contribution in [0.3, 0.4) is 0 Å². The Kier molecular flexibility index (Phi) is 4.80. The van der Waals surface area contributed by atoms with E-state index in [9.17, 15) is 19.4 Å². The third-order valence-electron chi connectivity index (χ3n) is 4.37. The highest BCUT2D eigenvalue weighted by Gasteiger charge is 2.42. The Morgan fingerprint density at radius 2 is 2.22 bits per heavy atom. The van der Waals surface area contributed by atoms with Crippen LogP contribution in [0.4, 0.5) is 10.1 Å². The van der Waals surface area contributed by atoms with Gasteiger partial charge < -0.3 is 21.7 Å². The first kappa shape index (κ1) is 18.7. The van der Waals surface area contributed by atoms with Gasteiger partial charge in [-0.1, -0.05) is 11.8 Å². The molecule has 8 nitrogen and oxygen atoms in total. The molecular weight excluding hydrogens is 353 g/mol. The molecule has 9 heteroatoms. The molecule has 1 aliphatic heterocycles. The number of carbonyl (C=O) groups is 1. The Bertz CT molecular complexity index is 971. The van der Waals surface area contributed by atoms with E-state index in [2.05, 4.69) is 21.8 Å². The fraction of sp³-hybridized carbons (Fsp3) is 0.278. The zero-order valence-electron chi connectivity index (χ0n) is 14.5. The number of anilines is 1. The summed E-state index contributed by atoms with van der Waals surface area (Å²) in [6, 6.07) is 3.98. The molecule has 1 fully saturated rings. The molecular formula is C18H18FN5O3. The van der Waals surface area contributed by atoms with Gasteiger partial charge in [-0.2, -0.15) is 0 Å². The molecule has 0 aliphatic carbocycles. The number of likely N-dealkylation sites (tertiary alicyclic amines) is 1. The van der Waals surface area contributed by atoms with Crippen LogP contribution >= 0.6 is 0 Å². The van der Waals surface area contributed by atoms with Gasteiger partial charge in [-0.15, -0.1) is 0 Å². The molecule has 2 aromatic rings. The first-order valence-electron chi connectivity index (χ1n) is 8.07. The van der Waals surface area contributed by atoms with E-state index in [4.69, 9.17) is 11.5 Å². The monoisotopic (exact) mass is 371 g/mol. The molecule has 1 amide bonds. The number of hydrogen-bond donors (Lipinski definition) is 4. The number of benzene rings is 1. The Hall–Kier alpha value is -3.06. The number of carbonyl (C=O) groups excluding carboxylic acids is 1. The number of primary amides is 1. The first-order chi connectivity index (χ1) is 12.7. The fourth-order valence-corrected chi connectivity index (χ4v) is 2.76. The maximum atomic E-state index is 14.2. The standard InChI is InChI=1S/C18H18FN5O3/c1-24-7-6-18(27,17(24)26)5-4-10-2-3-12(19)11(8-10)16-22-9-13(20)14(23-16)15(21)25/h2-3,8-9,17,26-27H,6-7,20H2,1H3,(H2,21,25)/t17?,18-/m0/s1. The third-order valence-corrected chi connectivity index (χ3v) is 4.37. The number of amides is 1. The summed E-state index contributed by atoms with van der Waals surface area (Å²) in [7, 11) is 1.68. The van der Waals surface area contributed by atoms with Crippen LogP contribution in [0.5, 0.6) is 0 Å². The second-order valence-corrected chi connectivity index (χ2v) is 6.33. The van der Waals surface area contributed by atoms with E-state index in [1.165, 1.54) is 24.4 Å². The Morgan fingerprint density at radius 1 is 1.48 bits per heavy atom. The van der Waals surface area contributed by atoms with Crippen molar-refractivity contribution in [1.82, 2.24) is 14.9 Å². The minimum absolute atomic E-state index is 0.000350. The normalized spacial score (nSPS) is 22.3. The topological polar surface area (TPSA) is 139 Å². The van der Waals surface area contributed by atoms with Crippen LogP contribution in [0.25, 0.3) is 11.4 Å². The van der Waals surface area contributed by atoms with E-state index in [0.29, 0.717) is 12.1 Å². The average Bonchev–Trinajstić information content (AvgIpc) is 2.89. The molecule has 1 aromatic carbocycles. The van der Waals surface area contributed by atoms with Crippen LogP contribution in [-0.2, 0) is 0 Å². The quantitative estimate of drug-likeness (QED) is 0.532. The summed E-state index contributed by atoms with van der Waals surface area (Å²) in [4.78, 5) is 20.8. The molecule has 2 heterocycles. The Labute approximate surface area is 154 Å². The Morgan fingerprint density at radius 3 is 2.85 bits per heavy atom. The van der Waals surface area contributed by atoms with Gasteiger partial charge in [-0.3, -0.25) is 9.69 Å². The predicted molar refractivity (Wildman–Crippen MR) is 95.4 cm³/mol. The molecule has 3 rings (SSSR count). The van der Waals surface area contributed by atoms with Crippen molar-refractivity contribution in [3.63, 3.8) is 0 Å². The number of likely N-dealkylation sites (N-methyl/N-ethyl adjacent to an activating group) is 1. The number of aromatic nitrogens is 2. The number of hydrogen-bond acceptors (Lipinski definition) is 7. The van der Waals surface area contributed by atoms with Crippen LogP contribution in [0, 0.1) is 17.7 Å². The average molecular weight is 371 g/mol. The van der Waals surface area contributed by atoms with Crippen molar-refractivity contribution in [3.8, 4) is 23.2 Å². The van der Waals surface area contributed by atoms with Crippen LogP contribution in [0.15, 0.2) is 24.4 Å². The summed E-state index contributed by atoms with van der Waals surface area (Å²) >= 11 is 0.